The van der Waals surface area contributed by atoms with Gasteiger partial charge >= 0.3 is 0 Å². The van der Waals surface area contributed by atoms with Gasteiger partial charge in [-0.05, 0) is 24.6 Å². The maximum Gasteiger partial charge on any atom is 0.0641 e. The highest BCUT2D eigenvalue weighted by molar-refractivity contribution is 6.35. The Bertz CT molecular complexity index is 406. The molecule has 1 aliphatic heterocycles. The third kappa shape index (κ3) is 3.75. The standard InChI is InChI=1S/C13H18Cl2N2O/c1-10-8-12(15)13(9-11(10)14)16-2-3-17-4-6-18-7-5-17/h8-9,16H,2-7H2,1H3. The summed E-state index contributed by atoms with van der Waals surface area (Å²) >= 11 is 12.3. The fraction of sp³-hybridized carbons (Fsp3) is 0.538. The van der Waals surface area contributed by atoms with Crippen LogP contribution in [0.1, 0.15) is 5.56 Å². The van der Waals surface area contributed by atoms with Crippen LogP contribution in [-0.4, -0.2) is 44.3 Å². The topological polar surface area (TPSA) is 24.5 Å². The SMILES string of the molecule is Cc1cc(Cl)c(NCCN2CCOCC2)cc1Cl. The molecule has 0 amide bonds. The number of anilines is 1. The van der Waals surface area contributed by atoms with Crippen LogP contribution in [0, 0.1) is 6.92 Å². The molecule has 3 nitrogen and oxygen atoms in total. The highest BCUT2D eigenvalue weighted by Crippen LogP contribution is 2.28. The van der Waals surface area contributed by atoms with Crippen LogP contribution in [0.3, 0.4) is 0 Å². The van der Waals surface area contributed by atoms with Crippen molar-refractivity contribution in [2.24, 2.45) is 0 Å². The number of ether oxygens (including phenoxy) is 1. The molecule has 0 saturated carbocycles. The van der Waals surface area contributed by atoms with Gasteiger partial charge < -0.3 is 10.1 Å². The Balaban J connectivity index is 1.84. The van der Waals surface area contributed by atoms with Crippen LogP contribution in [0.25, 0.3) is 0 Å². The maximum atomic E-state index is 6.17. The summed E-state index contributed by atoms with van der Waals surface area (Å²) in [6, 6.07) is 3.78. The van der Waals surface area contributed by atoms with Crippen molar-refractivity contribution in [2.75, 3.05) is 44.7 Å². The molecule has 0 atom stereocenters. The minimum atomic E-state index is 0.721. The zero-order valence-electron chi connectivity index (χ0n) is 10.5. The van der Waals surface area contributed by atoms with Gasteiger partial charge in [-0.15, -0.1) is 0 Å². The molecule has 1 aliphatic rings. The van der Waals surface area contributed by atoms with Gasteiger partial charge in [0.25, 0.3) is 0 Å². The van der Waals surface area contributed by atoms with Gasteiger partial charge in [-0.1, -0.05) is 23.2 Å². The molecule has 0 radical (unpaired) electrons. The second-order valence-electron chi connectivity index (χ2n) is 4.46. The molecular formula is C13H18Cl2N2O. The number of benzene rings is 1. The Morgan fingerprint density at radius 3 is 2.67 bits per heavy atom. The first-order valence-corrected chi connectivity index (χ1v) is 6.92. The molecule has 2 rings (SSSR count). The van der Waals surface area contributed by atoms with Crippen LogP contribution in [0.15, 0.2) is 12.1 Å². The molecule has 0 unspecified atom stereocenters. The molecule has 1 N–H and O–H groups in total. The lowest BCUT2D eigenvalue weighted by Crippen LogP contribution is -2.39. The summed E-state index contributed by atoms with van der Waals surface area (Å²) in [6.07, 6.45) is 0. The molecule has 1 aromatic carbocycles. The van der Waals surface area contributed by atoms with Crippen LogP contribution < -0.4 is 5.32 Å². The van der Waals surface area contributed by atoms with Crippen LogP contribution in [0.4, 0.5) is 5.69 Å². The average Bonchev–Trinajstić information content (AvgIpc) is 2.37. The average molecular weight is 289 g/mol. The van der Waals surface area contributed by atoms with Gasteiger partial charge in [0, 0.05) is 31.2 Å². The number of nitrogens with one attached hydrogen (secondary N) is 1. The predicted molar refractivity (Wildman–Crippen MR) is 76.9 cm³/mol. The summed E-state index contributed by atoms with van der Waals surface area (Å²) in [5, 5.41) is 4.79. The minimum absolute atomic E-state index is 0.721. The zero-order valence-corrected chi connectivity index (χ0v) is 12.0. The Hall–Kier alpha value is -0.480. The fourth-order valence-electron chi connectivity index (χ4n) is 1.96. The molecular weight excluding hydrogens is 271 g/mol. The summed E-state index contributed by atoms with van der Waals surface area (Å²) in [5.41, 5.74) is 1.90. The number of rotatable bonds is 4. The monoisotopic (exact) mass is 288 g/mol. The Labute approximate surface area is 118 Å². The van der Waals surface area contributed by atoms with E-state index in [0.29, 0.717) is 0 Å². The van der Waals surface area contributed by atoms with E-state index in [2.05, 4.69) is 10.2 Å². The van der Waals surface area contributed by atoms with E-state index in [1.165, 1.54) is 0 Å². The highest BCUT2D eigenvalue weighted by atomic mass is 35.5. The maximum absolute atomic E-state index is 6.17. The van der Waals surface area contributed by atoms with Gasteiger partial charge in [-0.3, -0.25) is 4.90 Å². The molecule has 100 valence electrons. The first-order chi connectivity index (χ1) is 8.66. The Morgan fingerprint density at radius 2 is 1.94 bits per heavy atom. The molecule has 1 saturated heterocycles. The number of aryl methyl sites for hydroxylation is 1. The molecule has 0 aliphatic carbocycles. The third-order valence-corrected chi connectivity index (χ3v) is 3.82. The van der Waals surface area contributed by atoms with E-state index in [0.717, 1.165) is 60.7 Å². The molecule has 1 fully saturated rings. The number of nitrogens with zero attached hydrogens (tertiary/aromatic N) is 1. The normalized spacial score (nSPS) is 16.8. The van der Waals surface area contributed by atoms with E-state index in [4.69, 9.17) is 27.9 Å². The Kier molecular flexibility index (Phi) is 5.13. The lowest BCUT2D eigenvalue weighted by atomic mass is 10.2. The van der Waals surface area contributed by atoms with E-state index in [-0.39, 0.29) is 0 Å². The second kappa shape index (κ2) is 6.62. The fourth-order valence-corrected chi connectivity index (χ4v) is 2.40. The Morgan fingerprint density at radius 1 is 1.22 bits per heavy atom. The van der Waals surface area contributed by atoms with E-state index in [9.17, 15) is 0 Å². The van der Waals surface area contributed by atoms with E-state index >= 15 is 0 Å². The van der Waals surface area contributed by atoms with Crippen LogP contribution >= 0.6 is 23.2 Å². The highest BCUT2D eigenvalue weighted by Gasteiger charge is 2.10. The number of hydrogen-bond donors (Lipinski definition) is 1. The molecule has 1 aromatic rings. The lowest BCUT2D eigenvalue weighted by molar-refractivity contribution is 0.0398. The quantitative estimate of drug-likeness (QED) is 0.922. The summed E-state index contributed by atoms with van der Waals surface area (Å²) in [7, 11) is 0. The number of halogens is 2. The van der Waals surface area contributed by atoms with Crippen LogP contribution in [0.2, 0.25) is 10.0 Å². The van der Waals surface area contributed by atoms with Crippen molar-refractivity contribution in [3.63, 3.8) is 0 Å². The van der Waals surface area contributed by atoms with Crippen LogP contribution in [-0.2, 0) is 4.74 Å². The lowest BCUT2D eigenvalue weighted by Gasteiger charge is -2.26. The molecule has 18 heavy (non-hydrogen) atoms. The van der Waals surface area contributed by atoms with E-state index < -0.39 is 0 Å². The first kappa shape index (κ1) is 13.9. The van der Waals surface area contributed by atoms with Gasteiger partial charge in [0.1, 0.15) is 0 Å². The van der Waals surface area contributed by atoms with Gasteiger partial charge in [-0.25, -0.2) is 0 Å². The zero-order chi connectivity index (χ0) is 13.0. The minimum Gasteiger partial charge on any atom is -0.383 e. The molecule has 0 bridgehead atoms. The summed E-state index contributed by atoms with van der Waals surface area (Å²) in [6.45, 7) is 7.47. The molecule has 0 spiro atoms. The van der Waals surface area contributed by atoms with Crippen molar-refractivity contribution in [3.05, 3.63) is 27.7 Å². The van der Waals surface area contributed by atoms with Crippen LogP contribution in [0.5, 0.6) is 0 Å². The third-order valence-electron chi connectivity index (χ3n) is 3.10. The summed E-state index contributed by atoms with van der Waals surface area (Å²) < 4.78 is 5.31. The number of hydrogen-bond acceptors (Lipinski definition) is 3. The second-order valence-corrected chi connectivity index (χ2v) is 5.28. The van der Waals surface area contributed by atoms with Crippen molar-refractivity contribution in [1.82, 2.24) is 4.90 Å². The molecule has 0 aromatic heterocycles. The van der Waals surface area contributed by atoms with Crippen molar-refractivity contribution < 1.29 is 4.74 Å². The van der Waals surface area contributed by atoms with Gasteiger partial charge in [0.05, 0.1) is 23.9 Å². The van der Waals surface area contributed by atoms with E-state index in [1.54, 1.807) is 0 Å². The summed E-state index contributed by atoms with van der Waals surface area (Å²) in [4.78, 5) is 2.38. The van der Waals surface area contributed by atoms with E-state index in [1.807, 2.05) is 19.1 Å². The summed E-state index contributed by atoms with van der Waals surface area (Å²) in [5.74, 6) is 0. The van der Waals surface area contributed by atoms with Crippen molar-refractivity contribution in [1.29, 1.82) is 0 Å². The predicted octanol–water partition coefficient (Wildman–Crippen LogP) is 3.05. The molecule has 1 heterocycles. The number of morpholine rings is 1. The molecule has 5 heteroatoms. The van der Waals surface area contributed by atoms with Gasteiger partial charge in [-0.2, -0.15) is 0 Å². The largest absolute Gasteiger partial charge is 0.383 e. The first-order valence-electron chi connectivity index (χ1n) is 6.16. The van der Waals surface area contributed by atoms with Crippen molar-refractivity contribution in [2.45, 2.75) is 6.92 Å². The smallest absolute Gasteiger partial charge is 0.0641 e. The van der Waals surface area contributed by atoms with Crippen molar-refractivity contribution in [3.8, 4) is 0 Å². The van der Waals surface area contributed by atoms with Crippen molar-refractivity contribution >= 4 is 28.9 Å². The van der Waals surface area contributed by atoms with Gasteiger partial charge in [0.2, 0.25) is 0 Å². The van der Waals surface area contributed by atoms with Gasteiger partial charge in [0.15, 0.2) is 0 Å².